The Hall–Kier alpha value is -1.79. The summed E-state index contributed by atoms with van der Waals surface area (Å²) < 4.78 is 16.0. The van der Waals surface area contributed by atoms with Crippen LogP contribution in [0, 0.1) is 0 Å². The molecule has 1 heterocycles. The Morgan fingerprint density at radius 2 is 2.19 bits per heavy atom. The third kappa shape index (κ3) is 3.86. The molecule has 1 aromatic carbocycles. The Bertz CT molecular complexity index is 493. The fraction of sp³-hybridized carbons (Fsp3) is 0.533. The number of hydrogen-bond acceptors (Lipinski definition) is 5. The molecule has 1 aromatic rings. The van der Waals surface area contributed by atoms with Gasteiger partial charge >= 0.3 is 0 Å². The maximum Gasteiger partial charge on any atom is 0.249 e. The van der Waals surface area contributed by atoms with Crippen molar-refractivity contribution in [3.63, 3.8) is 0 Å². The number of ether oxygens (including phenoxy) is 3. The van der Waals surface area contributed by atoms with Crippen LogP contribution >= 0.6 is 0 Å². The summed E-state index contributed by atoms with van der Waals surface area (Å²) in [5.41, 5.74) is 6.40. The van der Waals surface area contributed by atoms with Gasteiger partial charge in [-0.15, -0.1) is 0 Å². The maximum atomic E-state index is 12.1. The lowest BCUT2D eigenvalue weighted by Gasteiger charge is -2.14. The molecule has 6 nitrogen and oxygen atoms in total. The molecule has 1 saturated heterocycles. The molecule has 116 valence electrons. The Kier molecular flexibility index (Phi) is 5.41. The molecular weight excluding hydrogens is 272 g/mol. The zero-order valence-electron chi connectivity index (χ0n) is 12.4. The first-order valence-corrected chi connectivity index (χ1v) is 7.02. The van der Waals surface area contributed by atoms with Gasteiger partial charge in [0.25, 0.3) is 0 Å². The van der Waals surface area contributed by atoms with E-state index in [1.54, 1.807) is 14.2 Å². The van der Waals surface area contributed by atoms with Crippen LogP contribution in [0.25, 0.3) is 0 Å². The number of nitrogens with two attached hydrogens (primary N) is 1. The molecule has 0 bridgehead atoms. The highest BCUT2D eigenvalue weighted by Gasteiger charge is 2.29. The summed E-state index contributed by atoms with van der Waals surface area (Å²) in [6.07, 6.45) is 1.13. The van der Waals surface area contributed by atoms with Gasteiger partial charge in [0.15, 0.2) is 0 Å². The summed E-state index contributed by atoms with van der Waals surface area (Å²) in [5.74, 6) is 1.32. The van der Waals surface area contributed by atoms with Gasteiger partial charge in [-0.3, -0.25) is 4.79 Å². The van der Waals surface area contributed by atoms with Crippen LogP contribution in [0.4, 0.5) is 0 Å². The van der Waals surface area contributed by atoms with E-state index in [2.05, 4.69) is 5.32 Å². The van der Waals surface area contributed by atoms with Crippen LogP contribution in [-0.2, 0) is 16.1 Å². The Balaban J connectivity index is 1.94. The first-order valence-electron chi connectivity index (χ1n) is 7.02. The summed E-state index contributed by atoms with van der Waals surface area (Å²) in [4.78, 5) is 12.1. The lowest BCUT2D eigenvalue weighted by atomic mass is 10.1. The van der Waals surface area contributed by atoms with E-state index in [-0.39, 0.29) is 12.0 Å². The second-order valence-electron chi connectivity index (χ2n) is 4.96. The minimum Gasteiger partial charge on any atom is -0.497 e. The molecule has 2 rings (SSSR count). The van der Waals surface area contributed by atoms with Crippen molar-refractivity contribution in [2.45, 2.75) is 31.6 Å². The third-order valence-corrected chi connectivity index (χ3v) is 3.60. The van der Waals surface area contributed by atoms with Crippen molar-refractivity contribution in [1.29, 1.82) is 0 Å². The Morgan fingerprint density at radius 1 is 1.38 bits per heavy atom. The van der Waals surface area contributed by atoms with Crippen LogP contribution in [0.5, 0.6) is 11.5 Å². The molecule has 21 heavy (non-hydrogen) atoms. The molecule has 6 heteroatoms. The van der Waals surface area contributed by atoms with Crippen molar-refractivity contribution < 1.29 is 19.0 Å². The van der Waals surface area contributed by atoms with E-state index in [9.17, 15) is 4.79 Å². The molecular formula is C15H22N2O4. The van der Waals surface area contributed by atoms with Gasteiger partial charge in [-0.25, -0.2) is 0 Å². The highest BCUT2D eigenvalue weighted by molar-refractivity contribution is 5.81. The number of carbonyl (C=O) groups is 1. The number of nitrogens with one attached hydrogen (secondary N) is 1. The second kappa shape index (κ2) is 7.28. The van der Waals surface area contributed by atoms with Crippen molar-refractivity contribution in [2.24, 2.45) is 5.73 Å². The van der Waals surface area contributed by atoms with Gasteiger partial charge in [-0.05, 0) is 31.0 Å². The van der Waals surface area contributed by atoms with Crippen molar-refractivity contribution in [3.8, 4) is 11.5 Å². The molecule has 0 radical (unpaired) electrons. The monoisotopic (exact) mass is 294 g/mol. The molecule has 0 aliphatic carbocycles. The first-order chi connectivity index (χ1) is 10.2. The topological polar surface area (TPSA) is 82.8 Å². The largest absolute Gasteiger partial charge is 0.497 e. The van der Waals surface area contributed by atoms with Gasteiger partial charge in [-0.2, -0.15) is 0 Å². The van der Waals surface area contributed by atoms with E-state index in [4.69, 9.17) is 19.9 Å². The fourth-order valence-corrected chi connectivity index (χ4v) is 2.39. The van der Waals surface area contributed by atoms with E-state index in [0.29, 0.717) is 25.3 Å². The minimum atomic E-state index is -0.407. The minimum absolute atomic E-state index is 0.00731. The standard InChI is InChI=1S/C15H22N2O4/c1-19-11-3-5-13(20-2)10(7-11)9-17-15(18)14-6-4-12(8-16)21-14/h3,5,7,12,14H,4,6,8-9,16H2,1-2H3,(H,17,18)/t12-,14+/m1/s1. The summed E-state index contributed by atoms with van der Waals surface area (Å²) in [6, 6.07) is 5.48. The number of hydrogen-bond donors (Lipinski definition) is 2. The number of rotatable bonds is 6. The normalized spacial score (nSPS) is 21.1. The van der Waals surface area contributed by atoms with Crippen molar-refractivity contribution in [2.75, 3.05) is 20.8 Å². The van der Waals surface area contributed by atoms with E-state index in [1.165, 1.54) is 0 Å². The molecule has 1 aliphatic rings. The Morgan fingerprint density at radius 3 is 2.81 bits per heavy atom. The number of benzene rings is 1. The molecule has 0 unspecified atom stereocenters. The number of carbonyl (C=O) groups excluding carboxylic acids is 1. The fourth-order valence-electron chi connectivity index (χ4n) is 2.39. The molecule has 0 spiro atoms. The molecule has 1 amide bonds. The predicted molar refractivity (Wildman–Crippen MR) is 78.3 cm³/mol. The van der Waals surface area contributed by atoms with Gasteiger partial charge in [0.1, 0.15) is 17.6 Å². The van der Waals surface area contributed by atoms with Gasteiger partial charge < -0.3 is 25.3 Å². The summed E-state index contributed by atoms with van der Waals surface area (Å²) >= 11 is 0. The molecule has 0 aromatic heterocycles. The van der Waals surface area contributed by atoms with E-state index < -0.39 is 6.10 Å². The average Bonchev–Trinajstić information content (AvgIpc) is 3.01. The van der Waals surface area contributed by atoms with E-state index in [1.807, 2.05) is 18.2 Å². The van der Waals surface area contributed by atoms with Crippen molar-refractivity contribution >= 4 is 5.91 Å². The summed E-state index contributed by atoms with van der Waals surface area (Å²) in [7, 11) is 3.20. The zero-order chi connectivity index (χ0) is 15.2. The van der Waals surface area contributed by atoms with Crippen LogP contribution in [0.15, 0.2) is 18.2 Å². The van der Waals surface area contributed by atoms with Gasteiger partial charge in [0, 0.05) is 18.7 Å². The summed E-state index contributed by atoms with van der Waals surface area (Å²) in [6.45, 7) is 0.819. The average molecular weight is 294 g/mol. The quantitative estimate of drug-likeness (QED) is 0.812. The molecule has 3 N–H and O–H groups in total. The number of methoxy groups -OCH3 is 2. The van der Waals surface area contributed by atoms with E-state index >= 15 is 0 Å². The SMILES string of the molecule is COc1ccc(OC)c(CNC(=O)[C@@H]2CC[C@H](CN)O2)c1. The highest BCUT2D eigenvalue weighted by Crippen LogP contribution is 2.24. The van der Waals surface area contributed by atoms with Gasteiger partial charge in [-0.1, -0.05) is 0 Å². The second-order valence-corrected chi connectivity index (χ2v) is 4.96. The highest BCUT2D eigenvalue weighted by atomic mass is 16.5. The smallest absolute Gasteiger partial charge is 0.249 e. The van der Waals surface area contributed by atoms with Crippen molar-refractivity contribution in [3.05, 3.63) is 23.8 Å². The van der Waals surface area contributed by atoms with Crippen LogP contribution in [0.3, 0.4) is 0 Å². The van der Waals surface area contributed by atoms with Gasteiger partial charge in [0.2, 0.25) is 5.91 Å². The molecule has 1 fully saturated rings. The van der Waals surface area contributed by atoms with Crippen molar-refractivity contribution in [1.82, 2.24) is 5.32 Å². The summed E-state index contributed by atoms with van der Waals surface area (Å²) in [5, 5.41) is 2.87. The van der Waals surface area contributed by atoms with E-state index in [0.717, 1.165) is 17.7 Å². The van der Waals surface area contributed by atoms with Crippen LogP contribution in [-0.4, -0.2) is 38.9 Å². The lowest BCUT2D eigenvalue weighted by Crippen LogP contribution is -2.35. The maximum absolute atomic E-state index is 12.1. The molecule has 0 saturated carbocycles. The van der Waals surface area contributed by atoms with Crippen LogP contribution in [0.2, 0.25) is 0 Å². The molecule has 2 atom stereocenters. The predicted octanol–water partition coefficient (Wildman–Crippen LogP) is 0.826. The third-order valence-electron chi connectivity index (χ3n) is 3.60. The van der Waals surface area contributed by atoms with Crippen LogP contribution in [0.1, 0.15) is 18.4 Å². The van der Waals surface area contributed by atoms with Gasteiger partial charge in [0.05, 0.1) is 20.3 Å². The Labute approximate surface area is 124 Å². The molecule has 1 aliphatic heterocycles. The zero-order valence-corrected chi connectivity index (χ0v) is 12.4. The van der Waals surface area contributed by atoms with Crippen LogP contribution < -0.4 is 20.5 Å². The first kappa shape index (κ1) is 15.6. The lowest BCUT2D eigenvalue weighted by molar-refractivity contribution is -0.132. The number of amides is 1.